The van der Waals surface area contributed by atoms with Crippen molar-refractivity contribution in [3.05, 3.63) is 244 Å². The minimum Gasteiger partial charge on any atom is -0.289 e. The maximum atomic E-state index is 14.9. The maximum Gasteiger partial charge on any atom is 0.294 e. The Balaban J connectivity index is 1.28. The molecular weight excluding hydrogens is 749 g/mol. The zero-order valence-electron chi connectivity index (χ0n) is 32.0. The van der Waals surface area contributed by atoms with E-state index in [0.29, 0.717) is 33.4 Å². The molecule has 2 aliphatic carbocycles. The highest BCUT2D eigenvalue weighted by Crippen LogP contribution is 2.52. The number of Topliss-reactive ketones (excluding diaryl/α,β-unsaturated/α-hetero) is 2. The number of ketones is 2. The van der Waals surface area contributed by atoms with E-state index in [4.69, 9.17) is 0 Å². The molecule has 0 aliphatic heterocycles. The molecule has 7 aromatic carbocycles. The van der Waals surface area contributed by atoms with Crippen LogP contribution < -0.4 is 0 Å². The molecule has 0 amide bonds. The number of allylic oxidation sites excluding steroid dienone is 8. The average Bonchev–Trinajstić information content (AvgIpc) is 3.75. The zero-order valence-corrected chi connectivity index (χ0v) is 32.8. The Morgan fingerprint density at radius 2 is 0.525 bits per heavy atom. The lowest BCUT2D eigenvalue weighted by Crippen LogP contribution is -2.03. The van der Waals surface area contributed by atoms with Gasteiger partial charge in [-0.25, -0.2) is 0 Å². The first-order valence-corrected chi connectivity index (χ1v) is 20.7. The summed E-state index contributed by atoms with van der Waals surface area (Å²) in [6.07, 6.45) is 0. The summed E-state index contributed by atoms with van der Waals surface area (Å²) in [7, 11) is -4.45. The molecule has 0 unspecified atom stereocenters. The van der Waals surface area contributed by atoms with E-state index in [1.165, 1.54) is 12.1 Å². The van der Waals surface area contributed by atoms with Crippen molar-refractivity contribution in [2.45, 2.75) is 11.8 Å². The number of hydrogen-bond acceptors (Lipinski definition) is 4. The molecular formula is C53H36O5S. The van der Waals surface area contributed by atoms with Crippen molar-refractivity contribution in [3.8, 4) is 0 Å². The van der Waals surface area contributed by atoms with Crippen LogP contribution in [0.25, 0.3) is 44.6 Å². The van der Waals surface area contributed by atoms with Gasteiger partial charge >= 0.3 is 0 Å². The third-order valence-electron chi connectivity index (χ3n) is 10.9. The molecule has 0 heterocycles. The Morgan fingerprint density at radius 1 is 0.305 bits per heavy atom. The van der Waals surface area contributed by atoms with Crippen molar-refractivity contribution in [3.63, 3.8) is 0 Å². The summed E-state index contributed by atoms with van der Waals surface area (Å²) < 4.78 is 33.7. The topological polar surface area (TPSA) is 88.5 Å². The quantitative estimate of drug-likeness (QED) is 0.147. The lowest BCUT2D eigenvalue weighted by atomic mass is 9.86. The van der Waals surface area contributed by atoms with Crippen LogP contribution in [0.15, 0.2) is 199 Å². The van der Waals surface area contributed by atoms with Crippen LogP contribution in [-0.4, -0.2) is 24.5 Å². The second-order valence-corrected chi connectivity index (χ2v) is 16.0. The molecule has 2 aliphatic rings. The lowest BCUT2D eigenvalue weighted by molar-refractivity contribution is -0.109. The van der Waals surface area contributed by atoms with E-state index in [1.807, 2.05) is 177 Å². The molecule has 0 spiro atoms. The van der Waals surface area contributed by atoms with Gasteiger partial charge in [0.05, 0.1) is 4.90 Å². The van der Waals surface area contributed by atoms with E-state index < -0.39 is 10.1 Å². The largest absolute Gasteiger partial charge is 0.294 e. The van der Waals surface area contributed by atoms with Crippen molar-refractivity contribution < 1.29 is 22.6 Å². The van der Waals surface area contributed by atoms with Gasteiger partial charge in [-0.05, 0) is 63.6 Å². The summed E-state index contributed by atoms with van der Waals surface area (Å²) in [6, 6.07) is 61.0. The molecule has 0 saturated heterocycles. The van der Waals surface area contributed by atoms with Crippen LogP contribution in [0.5, 0.6) is 0 Å². The molecule has 0 atom stereocenters. The maximum absolute atomic E-state index is 14.9. The van der Waals surface area contributed by atoms with Crippen LogP contribution >= 0.6 is 0 Å². The fourth-order valence-electron chi connectivity index (χ4n) is 8.20. The average molecular weight is 785 g/mol. The summed E-state index contributed by atoms with van der Waals surface area (Å²) >= 11 is 0. The Kier molecular flexibility index (Phi) is 9.65. The summed E-state index contributed by atoms with van der Waals surface area (Å²) in [5, 5.41) is 0. The van der Waals surface area contributed by atoms with Gasteiger partial charge in [0.1, 0.15) is 0 Å². The summed E-state index contributed by atoms with van der Waals surface area (Å²) in [5.41, 5.74) is 12.7. The van der Waals surface area contributed by atoms with Gasteiger partial charge in [-0.2, -0.15) is 8.42 Å². The van der Waals surface area contributed by atoms with Gasteiger partial charge in [-0.1, -0.05) is 188 Å². The first kappa shape index (κ1) is 37.3. The van der Waals surface area contributed by atoms with Crippen LogP contribution in [0.2, 0.25) is 0 Å². The minimum absolute atomic E-state index is 0.0487. The normalized spacial score (nSPS) is 14.5. The number of rotatable bonds is 9. The van der Waals surface area contributed by atoms with Crippen molar-refractivity contribution in [2.24, 2.45) is 0 Å². The molecule has 1 N–H and O–H groups in total. The van der Waals surface area contributed by atoms with E-state index in [1.54, 1.807) is 12.1 Å². The second-order valence-electron chi connectivity index (χ2n) is 14.6. The predicted molar refractivity (Wildman–Crippen MR) is 237 cm³/mol. The van der Waals surface area contributed by atoms with Gasteiger partial charge in [0.25, 0.3) is 10.1 Å². The van der Waals surface area contributed by atoms with Crippen LogP contribution in [0.1, 0.15) is 50.1 Å². The van der Waals surface area contributed by atoms with Crippen molar-refractivity contribution in [1.29, 1.82) is 0 Å². The van der Waals surface area contributed by atoms with E-state index in [2.05, 4.69) is 0 Å². The van der Waals surface area contributed by atoms with Crippen LogP contribution in [0, 0.1) is 6.92 Å². The predicted octanol–water partition coefficient (Wildman–Crippen LogP) is 11.5. The SMILES string of the molecule is Cc1ccc(C2=C(c3ccccc3)C(c3ccc(C4=C(c5ccccc5)C(=O)C(c5ccc(S(=O)(=O)O)cc5)=C4c4ccccc4)cc3)=C(c3ccccc3)C2=O)cc1. The molecule has 0 aromatic heterocycles. The first-order chi connectivity index (χ1) is 28.7. The van der Waals surface area contributed by atoms with Crippen LogP contribution in [0.3, 0.4) is 0 Å². The van der Waals surface area contributed by atoms with Crippen molar-refractivity contribution in [2.75, 3.05) is 0 Å². The molecule has 0 fully saturated rings. The first-order valence-electron chi connectivity index (χ1n) is 19.2. The third-order valence-corrected chi connectivity index (χ3v) is 11.8. The zero-order chi connectivity index (χ0) is 40.7. The molecule has 7 aromatic rings. The molecule has 6 heteroatoms. The second kappa shape index (κ2) is 15.3. The Bertz CT molecular complexity index is 3010. The van der Waals surface area contributed by atoms with E-state index in [-0.39, 0.29) is 16.5 Å². The Labute approximate surface area is 343 Å². The van der Waals surface area contributed by atoms with Gasteiger partial charge in [0, 0.05) is 44.6 Å². The summed E-state index contributed by atoms with van der Waals surface area (Å²) in [4.78, 5) is 29.6. The van der Waals surface area contributed by atoms with Gasteiger partial charge < -0.3 is 0 Å². The summed E-state index contributed by atoms with van der Waals surface area (Å²) in [5.74, 6) is -0.256. The molecule has 0 bridgehead atoms. The van der Waals surface area contributed by atoms with E-state index >= 15 is 0 Å². The third kappa shape index (κ3) is 6.84. The Hall–Kier alpha value is -7.25. The molecule has 9 rings (SSSR count). The van der Waals surface area contributed by atoms with Crippen LogP contribution in [-0.2, 0) is 19.7 Å². The van der Waals surface area contributed by atoms with Gasteiger partial charge in [-0.15, -0.1) is 0 Å². The number of aryl methyl sites for hydroxylation is 1. The van der Waals surface area contributed by atoms with E-state index in [0.717, 1.165) is 61.2 Å². The van der Waals surface area contributed by atoms with Crippen molar-refractivity contribution in [1.82, 2.24) is 0 Å². The number of benzene rings is 7. The summed E-state index contributed by atoms with van der Waals surface area (Å²) in [6.45, 7) is 2.03. The highest BCUT2D eigenvalue weighted by atomic mass is 32.2. The minimum atomic E-state index is -4.45. The van der Waals surface area contributed by atoms with Crippen LogP contribution in [0.4, 0.5) is 0 Å². The van der Waals surface area contributed by atoms with Gasteiger partial charge in [0.2, 0.25) is 0 Å². The van der Waals surface area contributed by atoms with Gasteiger partial charge in [0.15, 0.2) is 11.6 Å². The Morgan fingerprint density at radius 3 is 0.814 bits per heavy atom. The molecule has 284 valence electrons. The smallest absolute Gasteiger partial charge is 0.289 e. The molecule has 0 saturated carbocycles. The van der Waals surface area contributed by atoms with Crippen molar-refractivity contribution >= 4 is 66.3 Å². The highest BCUT2D eigenvalue weighted by Gasteiger charge is 2.37. The van der Waals surface area contributed by atoms with E-state index in [9.17, 15) is 22.6 Å². The lowest BCUT2D eigenvalue weighted by Gasteiger charge is -2.16. The fourth-order valence-corrected chi connectivity index (χ4v) is 8.68. The number of carbonyl (C=O) groups is 2. The van der Waals surface area contributed by atoms with Gasteiger partial charge in [-0.3, -0.25) is 14.1 Å². The molecule has 5 nitrogen and oxygen atoms in total. The number of hydrogen-bond donors (Lipinski definition) is 1. The molecule has 59 heavy (non-hydrogen) atoms. The molecule has 0 radical (unpaired) electrons. The highest BCUT2D eigenvalue weighted by molar-refractivity contribution is 7.85. The monoisotopic (exact) mass is 784 g/mol. The number of carbonyl (C=O) groups excluding carboxylic acids is 2. The standard InChI is InChI=1S/C53H36O5S/c1-34-22-24-41(25-23-34)50-44(35-14-6-2-7-15-35)46(48(52(50)54)37-18-10-4-11-19-37)39-26-28-40(29-27-39)47-45(36-16-8-3-9-17-36)51(42-30-32-43(33-31-42)59(56,57)58)53(55)49(47)38-20-12-5-13-21-38/h2-33H,1H3,(H,56,57,58). The fraction of sp³-hybridized carbons (Fsp3) is 0.0189.